The van der Waals surface area contributed by atoms with E-state index in [4.69, 9.17) is 9.47 Å². The van der Waals surface area contributed by atoms with Crippen molar-refractivity contribution in [3.63, 3.8) is 0 Å². The molecule has 16 heavy (non-hydrogen) atoms. The third kappa shape index (κ3) is 2.65. The molecular formula is C13H17BrO2. The van der Waals surface area contributed by atoms with E-state index in [0.29, 0.717) is 13.2 Å². The lowest BCUT2D eigenvalue weighted by Gasteiger charge is -2.23. The molecule has 0 saturated carbocycles. The lowest BCUT2D eigenvalue weighted by molar-refractivity contribution is -0.149. The van der Waals surface area contributed by atoms with Crippen molar-refractivity contribution in [2.75, 3.05) is 18.5 Å². The summed E-state index contributed by atoms with van der Waals surface area (Å²) < 4.78 is 11.3. The summed E-state index contributed by atoms with van der Waals surface area (Å²) in [6.07, 6.45) is 2.25. The zero-order chi connectivity index (χ0) is 11.4. The van der Waals surface area contributed by atoms with Crippen molar-refractivity contribution in [3.05, 3.63) is 35.4 Å². The van der Waals surface area contributed by atoms with Crippen LogP contribution in [0.3, 0.4) is 0 Å². The topological polar surface area (TPSA) is 18.5 Å². The van der Waals surface area contributed by atoms with Crippen LogP contribution in [-0.4, -0.2) is 18.5 Å². The second kappa shape index (κ2) is 5.30. The highest BCUT2D eigenvalue weighted by molar-refractivity contribution is 9.09. The fourth-order valence-electron chi connectivity index (χ4n) is 1.96. The molecule has 1 heterocycles. The summed E-state index contributed by atoms with van der Waals surface area (Å²) >= 11 is 3.45. The third-order valence-electron chi connectivity index (χ3n) is 2.89. The Morgan fingerprint density at radius 3 is 2.75 bits per heavy atom. The molecule has 1 fully saturated rings. The van der Waals surface area contributed by atoms with Crippen LogP contribution in [0.2, 0.25) is 0 Å². The fraction of sp³-hybridized carbons (Fsp3) is 0.538. The quantitative estimate of drug-likeness (QED) is 0.791. The van der Waals surface area contributed by atoms with Crippen LogP contribution in [-0.2, 0) is 21.7 Å². The van der Waals surface area contributed by atoms with E-state index >= 15 is 0 Å². The maximum absolute atomic E-state index is 5.65. The van der Waals surface area contributed by atoms with Crippen LogP contribution in [0.15, 0.2) is 24.3 Å². The van der Waals surface area contributed by atoms with Gasteiger partial charge in [-0.3, -0.25) is 0 Å². The molecule has 2 nitrogen and oxygen atoms in total. The first-order valence-electron chi connectivity index (χ1n) is 5.68. The van der Waals surface area contributed by atoms with Crippen molar-refractivity contribution in [1.82, 2.24) is 0 Å². The highest BCUT2D eigenvalue weighted by Gasteiger charge is 2.32. The van der Waals surface area contributed by atoms with E-state index in [9.17, 15) is 0 Å². The molecular weight excluding hydrogens is 268 g/mol. The molecule has 2 rings (SSSR count). The van der Waals surface area contributed by atoms with E-state index in [0.717, 1.165) is 23.7 Å². The Balaban J connectivity index is 2.15. The molecule has 0 amide bonds. The molecule has 88 valence electrons. The van der Waals surface area contributed by atoms with Gasteiger partial charge in [-0.15, -0.1) is 0 Å². The Hall–Kier alpha value is -0.380. The lowest BCUT2D eigenvalue weighted by Crippen LogP contribution is -2.22. The van der Waals surface area contributed by atoms with Crippen molar-refractivity contribution in [1.29, 1.82) is 0 Å². The number of aryl methyl sites for hydroxylation is 1. The molecule has 1 aromatic carbocycles. The summed E-state index contributed by atoms with van der Waals surface area (Å²) in [5, 5.41) is 1.04. The van der Waals surface area contributed by atoms with Gasteiger partial charge in [-0.2, -0.15) is 0 Å². The van der Waals surface area contributed by atoms with Gasteiger partial charge in [0.15, 0.2) is 5.79 Å². The van der Waals surface area contributed by atoms with E-state index in [1.165, 1.54) is 5.56 Å². The fourth-order valence-corrected chi connectivity index (χ4v) is 2.24. The van der Waals surface area contributed by atoms with Crippen LogP contribution >= 0.6 is 15.9 Å². The van der Waals surface area contributed by atoms with E-state index < -0.39 is 5.79 Å². The van der Waals surface area contributed by atoms with Crippen molar-refractivity contribution in [2.24, 2.45) is 0 Å². The molecule has 1 aliphatic heterocycles. The van der Waals surface area contributed by atoms with Crippen molar-refractivity contribution in [3.8, 4) is 0 Å². The summed E-state index contributed by atoms with van der Waals surface area (Å²) in [6.45, 7) is 3.36. The molecule has 0 unspecified atom stereocenters. The van der Waals surface area contributed by atoms with Crippen LogP contribution in [0, 0.1) is 0 Å². The van der Waals surface area contributed by atoms with Crippen molar-refractivity contribution < 1.29 is 9.47 Å². The van der Waals surface area contributed by atoms with Crippen molar-refractivity contribution >= 4 is 15.9 Å². The largest absolute Gasteiger partial charge is 0.344 e. The molecule has 3 heteroatoms. The average molecular weight is 285 g/mol. The van der Waals surface area contributed by atoms with Gasteiger partial charge < -0.3 is 9.47 Å². The van der Waals surface area contributed by atoms with Gasteiger partial charge in [0.25, 0.3) is 0 Å². The van der Waals surface area contributed by atoms with Gasteiger partial charge in [0.2, 0.25) is 0 Å². The Morgan fingerprint density at radius 2 is 2.06 bits per heavy atom. The number of hydrogen-bond acceptors (Lipinski definition) is 2. The predicted molar refractivity (Wildman–Crippen MR) is 67.8 cm³/mol. The Labute approximate surface area is 105 Å². The number of benzene rings is 1. The number of hydrogen-bond donors (Lipinski definition) is 0. The maximum atomic E-state index is 5.65. The number of halogens is 1. The summed E-state index contributed by atoms with van der Waals surface area (Å²) in [7, 11) is 0. The number of rotatable bonds is 4. The normalized spacial score (nSPS) is 18.9. The van der Waals surface area contributed by atoms with E-state index in [1.54, 1.807) is 0 Å². The Kier molecular flexibility index (Phi) is 4.00. The standard InChI is InChI=1S/C13H17BrO2/c1-13(15-8-9-16-13)12-6-2-4-11(10-12)5-3-7-14/h2,4,6,10H,3,5,7-9H2,1H3. The summed E-state index contributed by atoms with van der Waals surface area (Å²) in [5.74, 6) is -0.537. The minimum absolute atomic E-state index is 0.537. The van der Waals surface area contributed by atoms with E-state index in [1.807, 2.05) is 6.92 Å². The van der Waals surface area contributed by atoms with Gasteiger partial charge >= 0.3 is 0 Å². The highest BCUT2D eigenvalue weighted by Crippen LogP contribution is 2.31. The second-order valence-electron chi connectivity index (χ2n) is 4.14. The third-order valence-corrected chi connectivity index (χ3v) is 3.45. The minimum Gasteiger partial charge on any atom is -0.344 e. The molecule has 0 atom stereocenters. The molecule has 1 aromatic rings. The molecule has 0 N–H and O–H groups in total. The van der Waals surface area contributed by atoms with E-state index in [2.05, 4.69) is 40.2 Å². The summed E-state index contributed by atoms with van der Waals surface area (Å²) in [6, 6.07) is 8.50. The molecule has 0 bridgehead atoms. The van der Waals surface area contributed by atoms with Crippen LogP contribution < -0.4 is 0 Å². The van der Waals surface area contributed by atoms with Crippen LogP contribution in [0.25, 0.3) is 0 Å². The first-order valence-corrected chi connectivity index (χ1v) is 6.80. The van der Waals surface area contributed by atoms with Gasteiger partial charge in [0, 0.05) is 10.9 Å². The monoisotopic (exact) mass is 284 g/mol. The lowest BCUT2D eigenvalue weighted by atomic mass is 10.0. The van der Waals surface area contributed by atoms with E-state index in [-0.39, 0.29) is 0 Å². The Morgan fingerprint density at radius 1 is 1.31 bits per heavy atom. The summed E-state index contributed by atoms with van der Waals surface area (Å²) in [4.78, 5) is 0. The number of ether oxygens (including phenoxy) is 2. The maximum Gasteiger partial charge on any atom is 0.192 e. The smallest absolute Gasteiger partial charge is 0.192 e. The zero-order valence-electron chi connectivity index (χ0n) is 9.54. The zero-order valence-corrected chi connectivity index (χ0v) is 11.1. The molecule has 0 aromatic heterocycles. The van der Waals surface area contributed by atoms with Gasteiger partial charge in [0.1, 0.15) is 0 Å². The first kappa shape index (κ1) is 12.1. The van der Waals surface area contributed by atoms with Crippen molar-refractivity contribution in [2.45, 2.75) is 25.6 Å². The van der Waals surface area contributed by atoms with Crippen LogP contribution in [0.1, 0.15) is 24.5 Å². The molecule has 0 radical (unpaired) electrons. The van der Waals surface area contributed by atoms with Gasteiger partial charge in [0.05, 0.1) is 13.2 Å². The average Bonchev–Trinajstić information content (AvgIpc) is 2.75. The SMILES string of the molecule is CC1(c2cccc(CCCBr)c2)OCCO1. The van der Waals surface area contributed by atoms with Gasteiger partial charge in [-0.25, -0.2) is 0 Å². The van der Waals surface area contributed by atoms with Crippen LogP contribution in [0.5, 0.6) is 0 Å². The molecule has 1 aliphatic rings. The van der Waals surface area contributed by atoms with Gasteiger partial charge in [-0.05, 0) is 25.3 Å². The minimum atomic E-state index is -0.537. The Bertz CT molecular complexity index is 346. The second-order valence-corrected chi connectivity index (χ2v) is 4.93. The van der Waals surface area contributed by atoms with Gasteiger partial charge in [-0.1, -0.05) is 40.2 Å². The first-order chi connectivity index (χ1) is 7.74. The molecule has 0 spiro atoms. The molecule has 0 aliphatic carbocycles. The predicted octanol–water partition coefficient (Wildman–Crippen LogP) is 3.23. The summed E-state index contributed by atoms with van der Waals surface area (Å²) in [5.41, 5.74) is 2.47. The molecule has 1 saturated heterocycles. The van der Waals surface area contributed by atoms with Crippen LogP contribution in [0.4, 0.5) is 0 Å². The number of alkyl halides is 1. The highest BCUT2D eigenvalue weighted by atomic mass is 79.9.